The van der Waals surface area contributed by atoms with E-state index in [9.17, 15) is 9.59 Å². The highest BCUT2D eigenvalue weighted by molar-refractivity contribution is 5.98. The second kappa shape index (κ2) is 11.1. The first-order valence-electron chi connectivity index (χ1n) is 13.4. The fraction of sp³-hybridized carbons (Fsp3) is 0.312. The van der Waals surface area contributed by atoms with Gasteiger partial charge in [-0.1, -0.05) is 53.6 Å². The van der Waals surface area contributed by atoms with Gasteiger partial charge in [0.05, 0.1) is 0 Å². The van der Waals surface area contributed by atoms with E-state index < -0.39 is 12.1 Å². The molecular formula is C32H36N4O2. The minimum atomic E-state index is -0.602. The minimum absolute atomic E-state index is 0.142. The molecule has 0 saturated carbocycles. The van der Waals surface area contributed by atoms with Crippen LogP contribution >= 0.6 is 0 Å². The first kappa shape index (κ1) is 25.6. The highest BCUT2D eigenvalue weighted by Crippen LogP contribution is 2.26. The summed E-state index contributed by atoms with van der Waals surface area (Å²) in [5.41, 5.74) is 8.08. The van der Waals surface area contributed by atoms with Gasteiger partial charge in [-0.05, 0) is 68.9 Å². The number of hydrogen-bond acceptors (Lipinski definition) is 2. The van der Waals surface area contributed by atoms with E-state index in [1.165, 1.54) is 16.7 Å². The maximum absolute atomic E-state index is 13.1. The highest BCUT2D eigenvalue weighted by atomic mass is 16.2. The zero-order chi connectivity index (χ0) is 26.6. The number of aromatic nitrogens is 2. The molecule has 2 amide bonds. The number of rotatable bonds is 9. The molecule has 0 unspecified atom stereocenters. The average molecular weight is 509 g/mol. The lowest BCUT2D eigenvalue weighted by Crippen LogP contribution is -2.62. The van der Waals surface area contributed by atoms with Crippen LogP contribution in [0.5, 0.6) is 0 Å². The van der Waals surface area contributed by atoms with Gasteiger partial charge in [-0.3, -0.25) is 9.59 Å². The van der Waals surface area contributed by atoms with Crippen LogP contribution in [0.1, 0.15) is 50.3 Å². The lowest BCUT2D eigenvalue weighted by molar-refractivity contribution is -0.136. The summed E-state index contributed by atoms with van der Waals surface area (Å²) in [5.74, 6) is -0.286. The topological polar surface area (TPSA) is 89.8 Å². The highest BCUT2D eigenvalue weighted by Gasteiger charge is 2.34. The molecule has 2 atom stereocenters. The van der Waals surface area contributed by atoms with Gasteiger partial charge in [-0.25, -0.2) is 0 Å². The van der Waals surface area contributed by atoms with E-state index in [-0.39, 0.29) is 11.8 Å². The molecule has 3 heterocycles. The van der Waals surface area contributed by atoms with Crippen molar-refractivity contribution >= 4 is 33.6 Å². The maximum Gasteiger partial charge on any atom is 0.243 e. The Morgan fingerprint density at radius 1 is 0.763 bits per heavy atom. The number of aromatic amines is 2. The van der Waals surface area contributed by atoms with E-state index >= 15 is 0 Å². The van der Waals surface area contributed by atoms with Gasteiger partial charge in [-0.15, -0.1) is 0 Å². The van der Waals surface area contributed by atoms with E-state index in [2.05, 4.69) is 71.7 Å². The molecule has 2 aromatic carbocycles. The lowest BCUT2D eigenvalue weighted by atomic mass is 9.95. The molecule has 1 aliphatic rings. The van der Waals surface area contributed by atoms with Crippen LogP contribution in [-0.4, -0.2) is 33.9 Å². The summed E-state index contributed by atoms with van der Waals surface area (Å²) in [5, 5.41) is 8.18. The summed E-state index contributed by atoms with van der Waals surface area (Å²) in [6.45, 7) is 6.45. The van der Waals surface area contributed by atoms with Crippen LogP contribution in [0.25, 0.3) is 21.8 Å². The third-order valence-corrected chi connectivity index (χ3v) is 7.42. The predicted molar refractivity (Wildman–Crippen MR) is 154 cm³/mol. The van der Waals surface area contributed by atoms with Gasteiger partial charge in [0.15, 0.2) is 0 Å². The largest absolute Gasteiger partial charge is 0.361 e. The van der Waals surface area contributed by atoms with Crippen LogP contribution in [0.15, 0.2) is 78.2 Å². The maximum atomic E-state index is 13.1. The van der Waals surface area contributed by atoms with Crippen molar-refractivity contribution in [2.24, 2.45) is 0 Å². The number of para-hydroxylation sites is 1. The van der Waals surface area contributed by atoms with Crippen LogP contribution in [0.4, 0.5) is 0 Å². The number of fused-ring (bicyclic) bond motifs is 2. The Bertz CT molecular complexity index is 1530. The lowest BCUT2D eigenvalue weighted by Gasteiger charge is -2.29. The van der Waals surface area contributed by atoms with Gasteiger partial charge in [-0.2, -0.15) is 0 Å². The Hall–Kier alpha value is -4.06. The number of nitrogens with one attached hydrogen (secondary N) is 4. The van der Waals surface area contributed by atoms with Crippen LogP contribution in [0.2, 0.25) is 0 Å². The molecule has 2 aromatic heterocycles. The number of allylic oxidation sites excluding steroid dienone is 4. The minimum Gasteiger partial charge on any atom is -0.361 e. The van der Waals surface area contributed by atoms with Crippen LogP contribution in [0, 0.1) is 0 Å². The van der Waals surface area contributed by atoms with Gasteiger partial charge in [0, 0.05) is 47.0 Å². The van der Waals surface area contributed by atoms with Crippen LogP contribution in [0.3, 0.4) is 0 Å². The molecule has 1 fully saturated rings. The van der Waals surface area contributed by atoms with Crippen molar-refractivity contribution < 1.29 is 9.59 Å². The normalized spacial score (nSPS) is 18.0. The van der Waals surface area contributed by atoms with Gasteiger partial charge >= 0.3 is 0 Å². The van der Waals surface area contributed by atoms with E-state index in [0.29, 0.717) is 12.8 Å². The van der Waals surface area contributed by atoms with Gasteiger partial charge in [0.1, 0.15) is 12.1 Å². The summed E-state index contributed by atoms with van der Waals surface area (Å²) in [4.78, 5) is 32.7. The quantitative estimate of drug-likeness (QED) is 0.220. The molecule has 0 aliphatic carbocycles. The molecule has 4 aromatic rings. The van der Waals surface area contributed by atoms with Crippen molar-refractivity contribution in [2.45, 2.75) is 65.0 Å². The molecule has 0 bridgehead atoms. The number of amides is 2. The summed E-state index contributed by atoms with van der Waals surface area (Å²) in [6, 6.07) is 13.1. The number of H-pyrrole nitrogens is 2. The Balaban J connectivity index is 1.28. The van der Waals surface area contributed by atoms with Crippen LogP contribution in [-0.2, 0) is 28.9 Å². The third-order valence-electron chi connectivity index (χ3n) is 7.42. The summed E-state index contributed by atoms with van der Waals surface area (Å²) in [7, 11) is 0. The molecule has 6 heteroatoms. The molecule has 4 N–H and O–H groups in total. The molecule has 0 spiro atoms. The van der Waals surface area contributed by atoms with E-state index in [4.69, 9.17) is 0 Å². The fourth-order valence-corrected chi connectivity index (χ4v) is 5.35. The molecule has 196 valence electrons. The van der Waals surface area contributed by atoms with Crippen molar-refractivity contribution in [1.82, 2.24) is 20.6 Å². The summed E-state index contributed by atoms with van der Waals surface area (Å²) < 4.78 is 0. The Morgan fingerprint density at radius 3 is 2.18 bits per heavy atom. The summed E-state index contributed by atoms with van der Waals surface area (Å²) in [6.07, 6.45) is 12.3. The summed E-state index contributed by atoms with van der Waals surface area (Å²) >= 11 is 0. The predicted octanol–water partition coefficient (Wildman–Crippen LogP) is 5.65. The second-order valence-electron chi connectivity index (χ2n) is 10.6. The smallest absolute Gasteiger partial charge is 0.243 e. The van der Waals surface area contributed by atoms with Crippen LogP contribution < -0.4 is 10.6 Å². The average Bonchev–Trinajstić information content (AvgIpc) is 3.50. The van der Waals surface area contributed by atoms with Crippen molar-refractivity contribution in [3.8, 4) is 0 Å². The molecular weight excluding hydrogens is 472 g/mol. The Labute approximate surface area is 223 Å². The SMILES string of the molecule is CC(C)=CCC/C(C)=C/Cc1cccc2[nH]cc(C[C@@H]3NC(=O)[C@H](Cc4c[nH]c5ccccc45)NC3=O)c12. The van der Waals surface area contributed by atoms with Gasteiger partial charge < -0.3 is 20.6 Å². The second-order valence-corrected chi connectivity index (χ2v) is 10.6. The zero-order valence-corrected chi connectivity index (χ0v) is 22.4. The standard InChI is InChI=1S/C32H36N4O2/c1-20(2)8-6-9-21(3)14-15-22-10-7-13-27-30(22)24(19-34-27)17-29-32(38)35-28(31(37)36-29)16-23-18-33-26-12-5-4-11-25(23)26/h4-5,7-8,10-14,18-19,28-29,33-34H,6,9,15-17H2,1-3H3,(H,35,38)(H,36,37)/b21-14+/t28-,29-/m0/s1. The Morgan fingerprint density at radius 2 is 1.42 bits per heavy atom. The van der Waals surface area contributed by atoms with E-state index in [1.807, 2.05) is 36.7 Å². The third kappa shape index (κ3) is 5.59. The zero-order valence-electron chi connectivity index (χ0n) is 22.4. The van der Waals surface area contributed by atoms with Gasteiger partial charge in [0.25, 0.3) is 0 Å². The number of carbonyl (C=O) groups is 2. The van der Waals surface area contributed by atoms with Crippen molar-refractivity contribution in [3.05, 3.63) is 94.8 Å². The molecule has 1 saturated heterocycles. The number of carbonyl (C=O) groups excluding carboxylic acids is 2. The van der Waals surface area contributed by atoms with Gasteiger partial charge in [0.2, 0.25) is 11.8 Å². The first-order valence-corrected chi connectivity index (χ1v) is 13.4. The molecule has 5 rings (SSSR count). The van der Waals surface area contributed by atoms with Crippen molar-refractivity contribution in [1.29, 1.82) is 0 Å². The monoisotopic (exact) mass is 508 g/mol. The number of benzene rings is 2. The van der Waals surface area contributed by atoms with E-state index in [1.54, 1.807) is 0 Å². The number of piperazine rings is 1. The van der Waals surface area contributed by atoms with Crippen molar-refractivity contribution in [2.75, 3.05) is 0 Å². The molecule has 0 radical (unpaired) electrons. The Kier molecular flexibility index (Phi) is 7.50. The van der Waals surface area contributed by atoms with E-state index in [0.717, 1.165) is 52.2 Å². The number of hydrogen-bond donors (Lipinski definition) is 4. The molecule has 6 nitrogen and oxygen atoms in total. The first-order chi connectivity index (χ1) is 18.4. The fourth-order valence-electron chi connectivity index (χ4n) is 5.35. The molecule has 1 aliphatic heterocycles. The van der Waals surface area contributed by atoms with Crippen molar-refractivity contribution in [3.63, 3.8) is 0 Å². The molecule has 38 heavy (non-hydrogen) atoms.